The van der Waals surface area contributed by atoms with Crippen LogP contribution in [-0.4, -0.2) is 38.3 Å². The van der Waals surface area contributed by atoms with Crippen LogP contribution in [0.15, 0.2) is 47.5 Å². The number of rotatable bonds is 9. The molecule has 1 heterocycles. The summed E-state index contributed by atoms with van der Waals surface area (Å²) in [7, 11) is 1.53. The number of nitrogens with zero attached hydrogens (tertiary/aromatic N) is 1. The van der Waals surface area contributed by atoms with E-state index in [2.05, 4.69) is 16.9 Å². The van der Waals surface area contributed by atoms with Gasteiger partial charge >= 0.3 is 5.97 Å². The van der Waals surface area contributed by atoms with E-state index in [1.54, 1.807) is 18.4 Å². The van der Waals surface area contributed by atoms with E-state index in [9.17, 15) is 9.59 Å². The molecule has 0 bridgehead atoms. The Morgan fingerprint density at radius 2 is 2.19 bits per heavy atom. The van der Waals surface area contributed by atoms with Gasteiger partial charge in [-0.2, -0.15) is 0 Å². The summed E-state index contributed by atoms with van der Waals surface area (Å²) in [5.74, 6) is 0.403. The van der Waals surface area contributed by atoms with Gasteiger partial charge in [-0.05, 0) is 30.5 Å². The standard InChI is InChI=1S/C20H24N2O4/c1-3-6-15-9-10-17(18(13-15)25-2)26-19(23)8-5-12-22-20(24)16-7-4-11-21-14-16/h3,7,9-11,13H,1,4-6,8,12,14H2,2H3,(H,22,24). The molecule has 0 aromatic heterocycles. The number of carbonyl (C=O) groups excluding carboxylic acids is 2. The lowest BCUT2D eigenvalue weighted by molar-refractivity contribution is -0.134. The van der Waals surface area contributed by atoms with Crippen LogP contribution in [0.3, 0.4) is 0 Å². The molecule has 0 unspecified atom stereocenters. The monoisotopic (exact) mass is 356 g/mol. The zero-order valence-corrected chi connectivity index (χ0v) is 15.0. The van der Waals surface area contributed by atoms with Gasteiger partial charge < -0.3 is 14.8 Å². The van der Waals surface area contributed by atoms with Gasteiger partial charge in [0.05, 0.1) is 13.7 Å². The average molecular weight is 356 g/mol. The van der Waals surface area contributed by atoms with Crippen molar-refractivity contribution in [1.29, 1.82) is 0 Å². The maximum absolute atomic E-state index is 12.0. The molecule has 6 nitrogen and oxygen atoms in total. The quantitative estimate of drug-likeness (QED) is 0.319. The van der Waals surface area contributed by atoms with Gasteiger partial charge in [-0.25, -0.2) is 0 Å². The predicted octanol–water partition coefficient (Wildman–Crippen LogP) is 2.63. The second kappa shape index (κ2) is 10.2. The molecule has 1 aromatic rings. The van der Waals surface area contributed by atoms with Crippen LogP contribution in [0, 0.1) is 0 Å². The highest BCUT2D eigenvalue weighted by atomic mass is 16.6. The summed E-state index contributed by atoms with van der Waals surface area (Å²) in [4.78, 5) is 28.0. The highest BCUT2D eigenvalue weighted by Gasteiger charge is 2.12. The van der Waals surface area contributed by atoms with Gasteiger partial charge in [0.2, 0.25) is 5.91 Å². The molecule has 1 aliphatic heterocycles. The van der Waals surface area contributed by atoms with Crippen LogP contribution in [0.2, 0.25) is 0 Å². The lowest BCUT2D eigenvalue weighted by Gasteiger charge is -2.11. The molecule has 26 heavy (non-hydrogen) atoms. The van der Waals surface area contributed by atoms with Gasteiger partial charge in [0.25, 0.3) is 0 Å². The summed E-state index contributed by atoms with van der Waals surface area (Å²) >= 11 is 0. The van der Waals surface area contributed by atoms with E-state index in [1.165, 1.54) is 7.11 Å². The predicted molar refractivity (Wildman–Crippen MR) is 101 cm³/mol. The number of allylic oxidation sites excluding steroid dienone is 2. The minimum Gasteiger partial charge on any atom is -0.493 e. The van der Waals surface area contributed by atoms with Crippen LogP contribution in [-0.2, 0) is 16.0 Å². The molecule has 1 amide bonds. The van der Waals surface area contributed by atoms with E-state index in [0.717, 1.165) is 5.56 Å². The number of aliphatic imine (C=N–C) groups is 1. The van der Waals surface area contributed by atoms with Crippen molar-refractivity contribution in [3.8, 4) is 11.5 Å². The summed E-state index contributed by atoms with van der Waals surface area (Å²) in [6.45, 7) is 4.52. The van der Waals surface area contributed by atoms with Crippen molar-refractivity contribution in [2.45, 2.75) is 25.7 Å². The van der Waals surface area contributed by atoms with E-state index in [-0.39, 0.29) is 18.3 Å². The van der Waals surface area contributed by atoms with Crippen LogP contribution < -0.4 is 14.8 Å². The molecule has 138 valence electrons. The molecule has 0 saturated heterocycles. The first-order chi connectivity index (χ1) is 12.6. The third-order valence-corrected chi connectivity index (χ3v) is 3.83. The van der Waals surface area contributed by atoms with E-state index in [1.807, 2.05) is 18.2 Å². The lowest BCUT2D eigenvalue weighted by atomic mass is 10.1. The molecule has 0 saturated carbocycles. The number of benzene rings is 1. The normalized spacial score (nSPS) is 12.9. The zero-order valence-electron chi connectivity index (χ0n) is 15.0. The van der Waals surface area contributed by atoms with E-state index < -0.39 is 0 Å². The maximum Gasteiger partial charge on any atom is 0.311 e. The smallest absolute Gasteiger partial charge is 0.311 e. The molecule has 0 radical (unpaired) electrons. The summed E-state index contributed by atoms with van der Waals surface area (Å²) < 4.78 is 10.6. The Kier molecular flexibility index (Phi) is 7.61. The third-order valence-electron chi connectivity index (χ3n) is 3.83. The number of amides is 1. The summed E-state index contributed by atoms with van der Waals surface area (Å²) in [6.07, 6.45) is 7.54. The zero-order chi connectivity index (χ0) is 18.8. The molecule has 0 spiro atoms. The summed E-state index contributed by atoms with van der Waals surface area (Å²) in [5, 5.41) is 2.79. The summed E-state index contributed by atoms with van der Waals surface area (Å²) in [6, 6.07) is 5.41. The summed E-state index contributed by atoms with van der Waals surface area (Å²) in [5.41, 5.74) is 1.69. The first-order valence-corrected chi connectivity index (χ1v) is 8.58. The molecule has 1 aliphatic rings. The minimum absolute atomic E-state index is 0.130. The number of hydrogen-bond acceptors (Lipinski definition) is 5. The SMILES string of the molecule is C=CCc1ccc(OC(=O)CCCNC(=O)C2=CCC=NC2)c(OC)c1. The van der Waals surface area contributed by atoms with Crippen LogP contribution in [0.1, 0.15) is 24.8 Å². The number of carbonyl (C=O) groups is 2. The average Bonchev–Trinajstić information content (AvgIpc) is 2.67. The Bertz CT molecular complexity index is 723. The fourth-order valence-corrected chi connectivity index (χ4v) is 2.47. The second-order valence-corrected chi connectivity index (χ2v) is 5.80. The molecule has 6 heteroatoms. The number of nitrogens with one attached hydrogen (secondary N) is 1. The molecule has 0 fully saturated rings. The Morgan fingerprint density at radius 3 is 2.88 bits per heavy atom. The molecular formula is C20H24N2O4. The van der Waals surface area contributed by atoms with Gasteiger partial charge in [0, 0.05) is 31.2 Å². The van der Waals surface area contributed by atoms with Gasteiger partial charge in [-0.3, -0.25) is 14.6 Å². The van der Waals surface area contributed by atoms with Crippen molar-refractivity contribution in [2.75, 3.05) is 20.2 Å². The fraction of sp³-hybridized carbons (Fsp3) is 0.350. The van der Waals surface area contributed by atoms with Crippen molar-refractivity contribution in [1.82, 2.24) is 5.32 Å². The highest BCUT2D eigenvalue weighted by molar-refractivity contribution is 5.95. The third kappa shape index (κ3) is 5.88. The largest absolute Gasteiger partial charge is 0.493 e. The number of ether oxygens (including phenoxy) is 2. The van der Waals surface area contributed by atoms with Crippen molar-refractivity contribution in [3.63, 3.8) is 0 Å². The van der Waals surface area contributed by atoms with Gasteiger partial charge in [-0.1, -0.05) is 18.2 Å². The Hall–Kier alpha value is -2.89. The fourth-order valence-electron chi connectivity index (χ4n) is 2.47. The first kappa shape index (κ1) is 19.4. The molecule has 1 N–H and O–H groups in total. The topological polar surface area (TPSA) is 77.0 Å². The minimum atomic E-state index is -0.365. The Morgan fingerprint density at radius 1 is 1.35 bits per heavy atom. The second-order valence-electron chi connectivity index (χ2n) is 5.80. The van der Waals surface area contributed by atoms with E-state index in [0.29, 0.717) is 49.4 Å². The Balaban J connectivity index is 1.75. The number of hydrogen-bond donors (Lipinski definition) is 1. The molecular weight excluding hydrogens is 332 g/mol. The van der Waals surface area contributed by atoms with Crippen LogP contribution >= 0.6 is 0 Å². The number of esters is 1. The molecule has 1 aromatic carbocycles. The van der Waals surface area contributed by atoms with Gasteiger partial charge in [0.1, 0.15) is 0 Å². The van der Waals surface area contributed by atoms with Crippen molar-refractivity contribution in [3.05, 3.63) is 48.1 Å². The van der Waals surface area contributed by atoms with Crippen molar-refractivity contribution < 1.29 is 19.1 Å². The number of methoxy groups -OCH3 is 1. The van der Waals surface area contributed by atoms with Crippen molar-refractivity contribution in [2.24, 2.45) is 4.99 Å². The van der Waals surface area contributed by atoms with E-state index >= 15 is 0 Å². The van der Waals surface area contributed by atoms with Crippen LogP contribution in [0.4, 0.5) is 0 Å². The Labute approximate surface area is 153 Å². The maximum atomic E-state index is 12.0. The van der Waals surface area contributed by atoms with Crippen LogP contribution in [0.25, 0.3) is 0 Å². The lowest BCUT2D eigenvalue weighted by Crippen LogP contribution is -2.28. The van der Waals surface area contributed by atoms with Gasteiger partial charge in [0.15, 0.2) is 11.5 Å². The van der Waals surface area contributed by atoms with E-state index in [4.69, 9.17) is 9.47 Å². The van der Waals surface area contributed by atoms with Crippen LogP contribution in [0.5, 0.6) is 11.5 Å². The molecule has 0 atom stereocenters. The molecule has 0 aliphatic carbocycles. The molecule has 2 rings (SSSR count). The van der Waals surface area contributed by atoms with Crippen molar-refractivity contribution >= 4 is 18.1 Å². The highest BCUT2D eigenvalue weighted by Crippen LogP contribution is 2.28. The first-order valence-electron chi connectivity index (χ1n) is 8.58. The van der Waals surface area contributed by atoms with Gasteiger partial charge in [-0.15, -0.1) is 6.58 Å². The number of dihydropyridines is 1.